The van der Waals surface area contributed by atoms with E-state index in [2.05, 4.69) is 21.8 Å². The second kappa shape index (κ2) is 9.00. The largest absolute Gasteiger partial charge is 0.370 e. The number of halogens is 1. The summed E-state index contributed by atoms with van der Waals surface area (Å²) in [4.78, 5) is 9.23. The SMILES string of the molecule is CN1CCC(CCN=C(N)N2CCCCC2)CC1.I. The molecule has 112 valence electrons. The summed E-state index contributed by atoms with van der Waals surface area (Å²) >= 11 is 0. The van der Waals surface area contributed by atoms with Gasteiger partial charge in [-0.1, -0.05) is 0 Å². The molecule has 5 heteroatoms. The second-order valence-corrected chi connectivity index (χ2v) is 5.82. The van der Waals surface area contributed by atoms with Gasteiger partial charge in [0.15, 0.2) is 5.96 Å². The molecule has 0 aromatic carbocycles. The average Bonchev–Trinajstić information content (AvgIpc) is 2.42. The van der Waals surface area contributed by atoms with Crippen LogP contribution in [-0.2, 0) is 0 Å². The van der Waals surface area contributed by atoms with Gasteiger partial charge in [0.2, 0.25) is 0 Å². The molecule has 2 aliphatic heterocycles. The fourth-order valence-electron chi connectivity index (χ4n) is 2.94. The van der Waals surface area contributed by atoms with Crippen LogP contribution in [0.3, 0.4) is 0 Å². The van der Waals surface area contributed by atoms with E-state index in [0.29, 0.717) is 0 Å². The first-order valence-electron chi connectivity index (χ1n) is 7.49. The normalized spacial score (nSPS) is 23.2. The molecule has 2 fully saturated rings. The fourth-order valence-corrected chi connectivity index (χ4v) is 2.94. The Morgan fingerprint density at radius 2 is 1.74 bits per heavy atom. The van der Waals surface area contributed by atoms with E-state index < -0.39 is 0 Å². The molecule has 4 nitrogen and oxygen atoms in total. The van der Waals surface area contributed by atoms with E-state index in [4.69, 9.17) is 5.73 Å². The molecule has 19 heavy (non-hydrogen) atoms. The quantitative estimate of drug-likeness (QED) is 0.464. The van der Waals surface area contributed by atoms with Gasteiger partial charge < -0.3 is 15.5 Å². The van der Waals surface area contributed by atoms with Crippen LogP contribution in [0.2, 0.25) is 0 Å². The number of aliphatic imine (C=N–C) groups is 1. The summed E-state index contributed by atoms with van der Waals surface area (Å²) in [6, 6.07) is 0. The highest BCUT2D eigenvalue weighted by Gasteiger charge is 2.16. The number of hydrogen-bond acceptors (Lipinski definition) is 2. The van der Waals surface area contributed by atoms with E-state index in [1.165, 1.54) is 51.6 Å². The van der Waals surface area contributed by atoms with E-state index in [9.17, 15) is 0 Å². The Labute approximate surface area is 134 Å². The van der Waals surface area contributed by atoms with Crippen molar-refractivity contribution in [2.75, 3.05) is 39.8 Å². The number of hydrogen-bond donors (Lipinski definition) is 1. The third-order valence-electron chi connectivity index (χ3n) is 4.33. The highest BCUT2D eigenvalue weighted by Crippen LogP contribution is 2.19. The van der Waals surface area contributed by atoms with Crippen LogP contribution in [0.25, 0.3) is 0 Å². The molecule has 0 unspecified atom stereocenters. The molecule has 0 aliphatic carbocycles. The first kappa shape index (κ1) is 17.0. The summed E-state index contributed by atoms with van der Waals surface area (Å²) in [5.41, 5.74) is 6.05. The third kappa shape index (κ3) is 5.85. The number of likely N-dealkylation sites (tertiary alicyclic amines) is 2. The van der Waals surface area contributed by atoms with Crippen molar-refractivity contribution in [2.24, 2.45) is 16.6 Å². The van der Waals surface area contributed by atoms with Crippen molar-refractivity contribution in [1.82, 2.24) is 9.80 Å². The van der Waals surface area contributed by atoms with Crippen molar-refractivity contribution in [3.63, 3.8) is 0 Å². The Kier molecular flexibility index (Phi) is 8.06. The van der Waals surface area contributed by atoms with Gasteiger partial charge in [0, 0.05) is 19.6 Å². The van der Waals surface area contributed by atoms with Gasteiger partial charge in [0.25, 0.3) is 0 Å². The first-order valence-corrected chi connectivity index (χ1v) is 7.49. The van der Waals surface area contributed by atoms with E-state index in [0.717, 1.165) is 31.5 Å². The topological polar surface area (TPSA) is 44.9 Å². The Hall–Kier alpha value is -0.0400. The van der Waals surface area contributed by atoms with Crippen molar-refractivity contribution in [2.45, 2.75) is 38.5 Å². The Morgan fingerprint density at radius 1 is 1.11 bits per heavy atom. The summed E-state index contributed by atoms with van der Waals surface area (Å²) in [7, 11) is 2.21. The van der Waals surface area contributed by atoms with Crippen molar-refractivity contribution >= 4 is 29.9 Å². The second-order valence-electron chi connectivity index (χ2n) is 5.82. The van der Waals surface area contributed by atoms with Crippen LogP contribution in [0, 0.1) is 5.92 Å². The molecule has 0 spiro atoms. The molecule has 2 rings (SSSR count). The maximum Gasteiger partial charge on any atom is 0.191 e. The molecule has 0 bridgehead atoms. The Morgan fingerprint density at radius 3 is 2.37 bits per heavy atom. The molecule has 0 saturated carbocycles. The molecular weight excluding hydrogens is 351 g/mol. The Bertz CT molecular complexity index is 269. The molecule has 0 atom stereocenters. The van der Waals surface area contributed by atoms with Gasteiger partial charge in [-0.3, -0.25) is 4.99 Å². The molecule has 2 N–H and O–H groups in total. The summed E-state index contributed by atoms with van der Waals surface area (Å²) in [6.45, 7) is 5.61. The van der Waals surface area contributed by atoms with Crippen LogP contribution >= 0.6 is 24.0 Å². The minimum atomic E-state index is 0. The molecule has 0 aromatic heterocycles. The van der Waals surface area contributed by atoms with Crippen LogP contribution in [0.4, 0.5) is 0 Å². The average molecular weight is 380 g/mol. The van der Waals surface area contributed by atoms with Crippen molar-refractivity contribution < 1.29 is 0 Å². The number of guanidine groups is 1. The zero-order chi connectivity index (χ0) is 12.8. The molecule has 0 aromatic rings. The zero-order valence-electron chi connectivity index (χ0n) is 12.2. The van der Waals surface area contributed by atoms with Crippen LogP contribution in [-0.4, -0.2) is 55.5 Å². The van der Waals surface area contributed by atoms with Gasteiger partial charge >= 0.3 is 0 Å². The van der Waals surface area contributed by atoms with Gasteiger partial charge in [0.1, 0.15) is 0 Å². The van der Waals surface area contributed by atoms with E-state index in [1.807, 2.05) is 0 Å². The monoisotopic (exact) mass is 380 g/mol. The van der Waals surface area contributed by atoms with E-state index in [-0.39, 0.29) is 24.0 Å². The standard InChI is InChI=1S/C14H28N4.HI/c1-17-11-6-13(7-12-17)5-8-16-14(15)18-9-3-2-4-10-18;/h13H,2-12H2,1H3,(H2,15,16);1H. The minimum Gasteiger partial charge on any atom is -0.370 e. The number of nitrogens with two attached hydrogens (primary N) is 1. The number of nitrogens with zero attached hydrogens (tertiary/aromatic N) is 3. The van der Waals surface area contributed by atoms with E-state index in [1.54, 1.807) is 0 Å². The zero-order valence-corrected chi connectivity index (χ0v) is 14.5. The Balaban J connectivity index is 0.00000180. The lowest BCUT2D eigenvalue weighted by atomic mass is 9.94. The number of piperidine rings is 2. The molecule has 2 saturated heterocycles. The predicted octanol–water partition coefficient (Wildman–Crippen LogP) is 2.14. The highest BCUT2D eigenvalue weighted by molar-refractivity contribution is 14.0. The van der Waals surface area contributed by atoms with E-state index >= 15 is 0 Å². The van der Waals surface area contributed by atoms with Crippen LogP contribution in [0.15, 0.2) is 4.99 Å². The van der Waals surface area contributed by atoms with Gasteiger partial charge in [-0.15, -0.1) is 24.0 Å². The molecular formula is C14H29IN4. The number of rotatable bonds is 3. The molecule has 0 radical (unpaired) electrons. The van der Waals surface area contributed by atoms with Gasteiger partial charge in [-0.2, -0.15) is 0 Å². The predicted molar refractivity (Wildman–Crippen MR) is 92.2 cm³/mol. The maximum atomic E-state index is 6.05. The first-order chi connectivity index (χ1) is 8.75. The summed E-state index contributed by atoms with van der Waals surface area (Å²) in [5, 5.41) is 0. The lowest BCUT2D eigenvalue weighted by Crippen LogP contribution is -2.41. The maximum absolute atomic E-state index is 6.05. The van der Waals surface area contributed by atoms with Gasteiger partial charge in [-0.05, 0) is 64.6 Å². The van der Waals surface area contributed by atoms with Gasteiger partial charge in [-0.25, -0.2) is 0 Å². The van der Waals surface area contributed by atoms with Crippen LogP contribution in [0.5, 0.6) is 0 Å². The summed E-state index contributed by atoms with van der Waals surface area (Å²) in [6.07, 6.45) is 7.75. The smallest absolute Gasteiger partial charge is 0.191 e. The lowest BCUT2D eigenvalue weighted by Gasteiger charge is -2.29. The van der Waals surface area contributed by atoms with Crippen molar-refractivity contribution in [3.8, 4) is 0 Å². The van der Waals surface area contributed by atoms with Crippen LogP contribution in [0.1, 0.15) is 38.5 Å². The third-order valence-corrected chi connectivity index (χ3v) is 4.33. The van der Waals surface area contributed by atoms with Crippen LogP contribution < -0.4 is 5.73 Å². The lowest BCUT2D eigenvalue weighted by molar-refractivity contribution is 0.214. The van der Waals surface area contributed by atoms with Crippen molar-refractivity contribution in [1.29, 1.82) is 0 Å². The van der Waals surface area contributed by atoms with Gasteiger partial charge in [0.05, 0.1) is 0 Å². The highest BCUT2D eigenvalue weighted by atomic mass is 127. The van der Waals surface area contributed by atoms with Crippen molar-refractivity contribution in [3.05, 3.63) is 0 Å². The molecule has 2 aliphatic rings. The fraction of sp³-hybridized carbons (Fsp3) is 0.929. The molecule has 0 amide bonds. The summed E-state index contributed by atoms with van der Waals surface area (Å²) < 4.78 is 0. The summed E-state index contributed by atoms with van der Waals surface area (Å²) in [5.74, 6) is 1.64. The minimum absolute atomic E-state index is 0. The molecule has 2 heterocycles.